The molecule has 2 unspecified atom stereocenters. The number of carbonyl (C=O) groups excluding carboxylic acids is 1. The minimum atomic E-state index is -0.840. The fourth-order valence-corrected chi connectivity index (χ4v) is 5.52. The normalized spacial score (nSPS) is 13.7. The summed E-state index contributed by atoms with van der Waals surface area (Å²) in [7, 11) is 0. The van der Waals surface area contributed by atoms with Gasteiger partial charge in [0, 0.05) is 6.42 Å². The largest absolute Gasteiger partial charge is 0.394 e. The van der Waals surface area contributed by atoms with Crippen molar-refractivity contribution >= 4 is 5.91 Å². The van der Waals surface area contributed by atoms with Crippen LogP contribution in [0.1, 0.15) is 181 Å². The molecule has 0 aliphatic rings. The van der Waals surface area contributed by atoms with Gasteiger partial charge in [0.05, 0.1) is 18.8 Å². The second-order valence-electron chi connectivity index (χ2n) is 13.0. The average Bonchev–Trinajstić information content (AvgIpc) is 3.06. The Kier molecular flexibility index (Phi) is 36.0. The molecule has 4 heteroatoms. The van der Waals surface area contributed by atoms with Crippen LogP contribution in [0.5, 0.6) is 0 Å². The van der Waals surface area contributed by atoms with Crippen LogP contribution < -0.4 is 5.32 Å². The van der Waals surface area contributed by atoms with Crippen LogP contribution in [0.2, 0.25) is 0 Å². The van der Waals surface area contributed by atoms with Crippen molar-refractivity contribution in [2.45, 2.75) is 193 Å². The molecule has 46 heavy (non-hydrogen) atoms. The Morgan fingerprint density at radius 2 is 0.957 bits per heavy atom. The average molecular weight is 642 g/mol. The molecule has 0 aromatic heterocycles. The summed E-state index contributed by atoms with van der Waals surface area (Å²) in [5, 5.41) is 22.9. The summed E-state index contributed by atoms with van der Waals surface area (Å²) in [6, 6.07) is -0.624. The topological polar surface area (TPSA) is 69.6 Å². The molecule has 266 valence electrons. The van der Waals surface area contributed by atoms with Crippen molar-refractivity contribution in [3.05, 3.63) is 60.8 Å². The zero-order valence-electron chi connectivity index (χ0n) is 30.3. The molecular weight excluding hydrogens is 566 g/mol. The zero-order valence-corrected chi connectivity index (χ0v) is 30.3. The van der Waals surface area contributed by atoms with Gasteiger partial charge >= 0.3 is 0 Å². The lowest BCUT2D eigenvalue weighted by Crippen LogP contribution is -2.45. The van der Waals surface area contributed by atoms with Gasteiger partial charge < -0.3 is 15.5 Å². The summed E-state index contributed by atoms with van der Waals surface area (Å²) in [5.41, 5.74) is 0. The highest BCUT2D eigenvalue weighted by Gasteiger charge is 2.17. The molecule has 0 saturated carbocycles. The molecule has 0 fully saturated rings. The van der Waals surface area contributed by atoms with E-state index in [0.717, 1.165) is 51.4 Å². The minimum Gasteiger partial charge on any atom is -0.394 e. The smallest absolute Gasteiger partial charge is 0.220 e. The van der Waals surface area contributed by atoms with Gasteiger partial charge in [0.15, 0.2) is 0 Å². The molecule has 0 aliphatic heterocycles. The van der Waals surface area contributed by atoms with Crippen LogP contribution in [0, 0.1) is 0 Å². The van der Waals surface area contributed by atoms with E-state index in [1.165, 1.54) is 109 Å². The monoisotopic (exact) mass is 642 g/mol. The maximum atomic E-state index is 12.3. The summed E-state index contributed by atoms with van der Waals surface area (Å²) in [6.07, 6.45) is 51.7. The van der Waals surface area contributed by atoms with E-state index in [0.29, 0.717) is 6.42 Å². The van der Waals surface area contributed by atoms with E-state index < -0.39 is 12.1 Å². The number of rotatable bonds is 34. The fourth-order valence-electron chi connectivity index (χ4n) is 5.52. The second-order valence-corrected chi connectivity index (χ2v) is 13.0. The van der Waals surface area contributed by atoms with E-state index in [1.54, 1.807) is 6.08 Å². The Labute approximate surface area is 286 Å². The molecule has 0 aromatic rings. The van der Waals surface area contributed by atoms with E-state index in [-0.39, 0.29) is 12.5 Å². The molecule has 3 N–H and O–H groups in total. The molecule has 0 aromatic carbocycles. The van der Waals surface area contributed by atoms with Crippen molar-refractivity contribution < 1.29 is 15.0 Å². The number of hydrogen-bond acceptors (Lipinski definition) is 3. The highest BCUT2D eigenvalue weighted by atomic mass is 16.3. The molecule has 0 bridgehead atoms. The van der Waals surface area contributed by atoms with Crippen LogP contribution in [-0.4, -0.2) is 34.9 Å². The van der Waals surface area contributed by atoms with Crippen molar-refractivity contribution in [2.75, 3.05) is 6.61 Å². The molecule has 0 radical (unpaired) electrons. The standard InChI is InChI=1S/C42H75NO3/c1-3-5-7-9-11-13-15-16-17-18-19-20-21-22-23-24-25-26-28-30-32-34-36-38-42(46)43-40(39-44)41(45)37-35-33-31-29-27-14-12-10-8-6-4-2/h5,7,11,13,16-17,19-20,35,37,40-41,44-45H,3-4,6,8-10,12,14-15,18,21-34,36,38-39H2,1-2H3,(H,43,46)/b7-5-,13-11-,17-16-,20-19-,37-35+. The number of carbonyl (C=O) groups is 1. The van der Waals surface area contributed by atoms with Crippen molar-refractivity contribution in [3.63, 3.8) is 0 Å². The summed E-state index contributed by atoms with van der Waals surface area (Å²) in [4.78, 5) is 12.3. The van der Waals surface area contributed by atoms with Gasteiger partial charge in [0.25, 0.3) is 0 Å². The first kappa shape index (κ1) is 44.1. The van der Waals surface area contributed by atoms with Crippen LogP contribution in [0.3, 0.4) is 0 Å². The van der Waals surface area contributed by atoms with Gasteiger partial charge in [-0.3, -0.25) is 4.79 Å². The Morgan fingerprint density at radius 3 is 1.43 bits per heavy atom. The lowest BCUT2D eigenvalue weighted by molar-refractivity contribution is -0.123. The van der Waals surface area contributed by atoms with Crippen LogP contribution in [0.4, 0.5) is 0 Å². The van der Waals surface area contributed by atoms with Crippen molar-refractivity contribution in [1.82, 2.24) is 5.32 Å². The molecular formula is C42H75NO3. The van der Waals surface area contributed by atoms with Crippen LogP contribution >= 0.6 is 0 Å². The predicted molar refractivity (Wildman–Crippen MR) is 202 cm³/mol. The predicted octanol–water partition coefficient (Wildman–Crippen LogP) is 11.8. The van der Waals surface area contributed by atoms with Crippen molar-refractivity contribution in [3.8, 4) is 0 Å². The molecule has 0 heterocycles. The van der Waals surface area contributed by atoms with Gasteiger partial charge in [-0.05, 0) is 57.8 Å². The number of nitrogens with one attached hydrogen (secondary N) is 1. The third kappa shape index (κ3) is 33.5. The first-order valence-electron chi connectivity index (χ1n) is 19.5. The Morgan fingerprint density at radius 1 is 0.543 bits per heavy atom. The molecule has 4 nitrogen and oxygen atoms in total. The number of allylic oxidation sites excluding steroid dienone is 9. The van der Waals surface area contributed by atoms with E-state index in [4.69, 9.17) is 0 Å². The summed E-state index contributed by atoms with van der Waals surface area (Å²) >= 11 is 0. The van der Waals surface area contributed by atoms with Crippen LogP contribution in [0.25, 0.3) is 0 Å². The van der Waals surface area contributed by atoms with Gasteiger partial charge in [-0.15, -0.1) is 0 Å². The lowest BCUT2D eigenvalue weighted by atomic mass is 10.0. The van der Waals surface area contributed by atoms with E-state index in [9.17, 15) is 15.0 Å². The number of aliphatic hydroxyl groups excluding tert-OH is 2. The molecule has 2 atom stereocenters. The van der Waals surface area contributed by atoms with E-state index in [2.05, 4.69) is 67.8 Å². The summed E-state index contributed by atoms with van der Waals surface area (Å²) in [5.74, 6) is -0.0734. The first-order chi connectivity index (χ1) is 22.7. The maximum Gasteiger partial charge on any atom is 0.220 e. The number of hydrogen-bond donors (Lipinski definition) is 3. The van der Waals surface area contributed by atoms with Gasteiger partial charge in [-0.2, -0.15) is 0 Å². The number of aliphatic hydroxyl groups is 2. The Bertz CT molecular complexity index is 782. The lowest BCUT2D eigenvalue weighted by Gasteiger charge is -2.20. The Hall–Kier alpha value is -1.91. The maximum absolute atomic E-state index is 12.3. The third-order valence-electron chi connectivity index (χ3n) is 8.51. The van der Waals surface area contributed by atoms with E-state index >= 15 is 0 Å². The van der Waals surface area contributed by atoms with Crippen molar-refractivity contribution in [2.24, 2.45) is 0 Å². The fraction of sp³-hybridized carbons (Fsp3) is 0.738. The summed E-state index contributed by atoms with van der Waals surface area (Å²) in [6.45, 7) is 4.17. The van der Waals surface area contributed by atoms with Crippen LogP contribution in [0.15, 0.2) is 60.8 Å². The van der Waals surface area contributed by atoms with Gasteiger partial charge in [0.2, 0.25) is 5.91 Å². The highest BCUT2D eigenvalue weighted by Crippen LogP contribution is 2.13. The van der Waals surface area contributed by atoms with Gasteiger partial charge in [-0.1, -0.05) is 177 Å². The third-order valence-corrected chi connectivity index (χ3v) is 8.51. The first-order valence-corrected chi connectivity index (χ1v) is 19.5. The quantitative estimate of drug-likeness (QED) is 0.0483. The van der Waals surface area contributed by atoms with Gasteiger partial charge in [-0.25, -0.2) is 0 Å². The Balaban J connectivity index is 3.60. The zero-order chi connectivity index (χ0) is 33.6. The minimum absolute atomic E-state index is 0.0734. The number of unbranched alkanes of at least 4 members (excludes halogenated alkanes) is 19. The number of amides is 1. The van der Waals surface area contributed by atoms with Crippen LogP contribution in [-0.2, 0) is 4.79 Å². The molecule has 0 spiro atoms. The SMILES string of the molecule is CC/C=C\C/C=C\C/C=C\C/C=C\CCCCCCCCCCCCC(=O)NC(CO)C(O)/C=C/CCCCCCCCCCC. The molecule has 0 aliphatic carbocycles. The van der Waals surface area contributed by atoms with Crippen molar-refractivity contribution in [1.29, 1.82) is 0 Å². The second kappa shape index (κ2) is 37.5. The molecule has 1 amide bonds. The van der Waals surface area contributed by atoms with E-state index in [1.807, 2.05) is 6.08 Å². The molecule has 0 rings (SSSR count). The highest BCUT2D eigenvalue weighted by molar-refractivity contribution is 5.76. The summed E-state index contributed by atoms with van der Waals surface area (Å²) < 4.78 is 0. The molecule has 0 saturated heterocycles. The van der Waals surface area contributed by atoms with Gasteiger partial charge in [0.1, 0.15) is 0 Å².